The average molecular weight is 410 g/mol. The van der Waals surface area contributed by atoms with Gasteiger partial charge in [-0.15, -0.1) is 0 Å². The van der Waals surface area contributed by atoms with Crippen LogP contribution in [0.1, 0.15) is 35.8 Å². The number of fused-ring (bicyclic) bond motifs is 2. The molecule has 8 heteroatoms. The van der Waals surface area contributed by atoms with Crippen LogP contribution < -0.4 is 15.6 Å². The minimum absolute atomic E-state index is 0.0350. The Labute approximate surface area is 173 Å². The van der Waals surface area contributed by atoms with Crippen LogP contribution in [0.4, 0.5) is 0 Å². The van der Waals surface area contributed by atoms with Crippen molar-refractivity contribution >= 4 is 17.7 Å². The van der Waals surface area contributed by atoms with Crippen LogP contribution in [0.5, 0.6) is 5.75 Å². The van der Waals surface area contributed by atoms with E-state index in [0.29, 0.717) is 11.5 Å². The van der Waals surface area contributed by atoms with Crippen molar-refractivity contribution in [2.45, 2.75) is 43.8 Å². The number of thioether (sulfide) groups is 1. The van der Waals surface area contributed by atoms with Crippen LogP contribution in [0.3, 0.4) is 0 Å². The number of pyridine rings is 1. The van der Waals surface area contributed by atoms with Crippen molar-refractivity contribution in [2.75, 3.05) is 18.9 Å². The molecule has 2 aromatic heterocycles. The molecular formula is C21H22N4O3S. The number of carbonyl (C=O) groups excluding carboxylic acids is 1. The Kier molecular flexibility index (Phi) is 5.86. The molecule has 7 nitrogen and oxygen atoms in total. The summed E-state index contributed by atoms with van der Waals surface area (Å²) in [5.41, 5.74) is 2.73. The highest BCUT2D eigenvalue weighted by Gasteiger charge is 2.30. The monoisotopic (exact) mass is 410 g/mol. The van der Waals surface area contributed by atoms with Crippen molar-refractivity contribution < 1.29 is 9.53 Å². The fraction of sp³-hybridized carbons (Fsp3) is 0.429. The highest BCUT2D eigenvalue weighted by atomic mass is 32.2. The Hall–Kier alpha value is -2.79. The zero-order valence-electron chi connectivity index (χ0n) is 16.2. The van der Waals surface area contributed by atoms with Gasteiger partial charge in [-0.3, -0.25) is 19.1 Å². The van der Waals surface area contributed by atoms with E-state index in [-0.39, 0.29) is 37.1 Å². The third-order valence-corrected chi connectivity index (χ3v) is 6.09. The maximum absolute atomic E-state index is 12.7. The van der Waals surface area contributed by atoms with Gasteiger partial charge >= 0.3 is 0 Å². The number of aromatic nitrogens is 3. The lowest BCUT2D eigenvalue weighted by molar-refractivity contribution is -0.121. The van der Waals surface area contributed by atoms with Gasteiger partial charge in [0, 0.05) is 23.4 Å². The fourth-order valence-electron chi connectivity index (χ4n) is 3.50. The Morgan fingerprint density at radius 1 is 1.38 bits per heavy atom. The molecule has 1 atom stereocenters. The van der Waals surface area contributed by atoms with Gasteiger partial charge in [0.25, 0.3) is 5.56 Å². The molecule has 2 aliphatic rings. The summed E-state index contributed by atoms with van der Waals surface area (Å²) in [7, 11) is 0. The summed E-state index contributed by atoms with van der Waals surface area (Å²) in [6.07, 6.45) is 4.57. The number of amides is 1. The van der Waals surface area contributed by atoms with Gasteiger partial charge in [0.15, 0.2) is 5.16 Å². The van der Waals surface area contributed by atoms with E-state index >= 15 is 0 Å². The van der Waals surface area contributed by atoms with Crippen molar-refractivity contribution in [3.8, 4) is 17.6 Å². The van der Waals surface area contributed by atoms with Gasteiger partial charge in [-0.2, -0.15) is 0 Å². The quantitative estimate of drug-likeness (QED) is 0.596. The van der Waals surface area contributed by atoms with Crippen LogP contribution in [0.15, 0.2) is 28.3 Å². The third kappa shape index (κ3) is 4.46. The molecule has 1 unspecified atom stereocenters. The van der Waals surface area contributed by atoms with Crippen molar-refractivity contribution in [1.82, 2.24) is 19.9 Å². The Morgan fingerprint density at radius 2 is 2.28 bits per heavy atom. The van der Waals surface area contributed by atoms with Crippen LogP contribution in [-0.2, 0) is 17.6 Å². The van der Waals surface area contributed by atoms with Crippen LogP contribution in [0.2, 0.25) is 0 Å². The van der Waals surface area contributed by atoms with Crippen molar-refractivity contribution in [3.63, 3.8) is 0 Å². The molecule has 1 N–H and O–H groups in total. The summed E-state index contributed by atoms with van der Waals surface area (Å²) in [5, 5.41) is 3.54. The second-order valence-electron chi connectivity index (χ2n) is 7.07. The van der Waals surface area contributed by atoms with Crippen LogP contribution in [-0.4, -0.2) is 39.3 Å². The van der Waals surface area contributed by atoms with Crippen molar-refractivity contribution in [3.05, 3.63) is 45.6 Å². The van der Waals surface area contributed by atoms with Crippen LogP contribution >= 0.6 is 11.8 Å². The zero-order valence-corrected chi connectivity index (χ0v) is 17.1. The lowest BCUT2D eigenvalue weighted by atomic mass is 10.2. The number of rotatable bonds is 5. The maximum atomic E-state index is 12.7. The van der Waals surface area contributed by atoms with Gasteiger partial charge in [-0.05, 0) is 38.3 Å². The summed E-state index contributed by atoms with van der Waals surface area (Å²) in [4.78, 5) is 33.8. The van der Waals surface area contributed by atoms with E-state index in [0.717, 1.165) is 41.4 Å². The van der Waals surface area contributed by atoms with Gasteiger partial charge in [0.2, 0.25) is 5.91 Å². The average Bonchev–Trinajstić information content (AvgIpc) is 3.34. The predicted molar refractivity (Wildman–Crippen MR) is 110 cm³/mol. The van der Waals surface area contributed by atoms with Gasteiger partial charge < -0.3 is 10.1 Å². The van der Waals surface area contributed by atoms with Gasteiger partial charge in [0.05, 0.1) is 24.5 Å². The number of nitrogens with zero attached hydrogens (tertiary/aromatic N) is 3. The molecule has 0 spiro atoms. The molecule has 0 fully saturated rings. The second kappa shape index (κ2) is 8.70. The van der Waals surface area contributed by atoms with E-state index in [2.05, 4.69) is 27.1 Å². The van der Waals surface area contributed by atoms with Gasteiger partial charge in [0.1, 0.15) is 12.4 Å². The molecule has 0 aromatic carbocycles. The highest BCUT2D eigenvalue weighted by Crippen LogP contribution is 2.33. The first-order valence-electron chi connectivity index (χ1n) is 9.67. The summed E-state index contributed by atoms with van der Waals surface area (Å²) in [6.45, 7) is 2.40. The SMILES string of the molecule is Cc1ccc(OCC#CCNC(=O)CC2CSc3nc4c(c(=O)n32)CCC4)cn1. The van der Waals surface area contributed by atoms with Crippen molar-refractivity contribution in [2.24, 2.45) is 0 Å². The predicted octanol–water partition coefficient (Wildman–Crippen LogP) is 1.67. The normalized spacial score (nSPS) is 16.5. The first-order valence-corrected chi connectivity index (χ1v) is 10.7. The number of aryl methyl sites for hydroxylation is 2. The van der Waals surface area contributed by atoms with Crippen LogP contribution in [0, 0.1) is 18.8 Å². The Morgan fingerprint density at radius 3 is 3.10 bits per heavy atom. The molecule has 3 heterocycles. The molecule has 29 heavy (non-hydrogen) atoms. The molecule has 4 rings (SSSR count). The highest BCUT2D eigenvalue weighted by molar-refractivity contribution is 7.99. The first kappa shape index (κ1) is 19.5. The van der Waals surface area contributed by atoms with E-state index < -0.39 is 0 Å². The van der Waals surface area contributed by atoms with E-state index in [9.17, 15) is 9.59 Å². The number of nitrogens with one attached hydrogen (secondary N) is 1. The Balaban J connectivity index is 1.26. The second-order valence-corrected chi connectivity index (χ2v) is 8.06. The van der Waals surface area contributed by atoms with E-state index in [1.807, 2.05) is 19.1 Å². The van der Waals surface area contributed by atoms with Gasteiger partial charge in [-0.25, -0.2) is 4.98 Å². The number of ether oxygens (including phenoxy) is 1. The summed E-state index contributed by atoms with van der Waals surface area (Å²) in [6, 6.07) is 3.57. The molecule has 0 saturated carbocycles. The lowest BCUT2D eigenvalue weighted by Crippen LogP contribution is -2.32. The van der Waals surface area contributed by atoms with E-state index in [1.165, 1.54) is 0 Å². The largest absolute Gasteiger partial charge is 0.479 e. The smallest absolute Gasteiger partial charge is 0.257 e. The molecule has 2 aromatic rings. The first-order chi connectivity index (χ1) is 14.1. The topological polar surface area (TPSA) is 86.1 Å². The molecule has 1 aliphatic heterocycles. The molecular weight excluding hydrogens is 388 g/mol. The summed E-state index contributed by atoms with van der Waals surface area (Å²) in [5.74, 6) is 6.98. The molecule has 0 bridgehead atoms. The molecule has 0 saturated heterocycles. The number of hydrogen-bond donors (Lipinski definition) is 1. The Bertz CT molecular complexity index is 1040. The molecule has 1 aliphatic carbocycles. The number of hydrogen-bond acceptors (Lipinski definition) is 6. The lowest BCUT2D eigenvalue weighted by Gasteiger charge is -2.13. The van der Waals surface area contributed by atoms with Crippen molar-refractivity contribution in [1.29, 1.82) is 0 Å². The minimum atomic E-state index is -0.147. The maximum Gasteiger partial charge on any atom is 0.257 e. The van der Waals surface area contributed by atoms with E-state index in [4.69, 9.17) is 4.74 Å². The summed E-state index contributed by atoms with van der Waals surface area (Å²) < 4.78 is 7.18. The zero-order chi connectivity index (χ0) is 20.2. The van der Waals surface area contributed by atoms with E-state index in [1.54, 1.807) is 22.5 Å². The molecule has 1 amide bonds. The minimum Gasteiger partial charge on any atom is -0.479 e. The fourth-order valence-corrected chi connectivity index (χ4v) is 4.66. The van der Waals surface area contributed by atoms with Gasteiger partial charge in [-0.1, -0.05) is 23.6 Å². The third-order valence-electron chi connectivity index (χ3n) is 4.99. The number of carbonyl (C=O) groups is 1. The molecule has 0 radical (unpaired) electrons. The summed E-state index contributed by atoms with van der Waals surface area (Å²) >= 11 is 1.55. The molecule has 150 valence electrons. The standard InChI is InChI=1S/C21H22N4O3S/c1-14-7-8-16(12-23-14)28-10-3-2-9-22-19(26)11-15-13-29-21-24-18-6-4-5-17(18)20(27)25(15)21/h7-8,12,15H,4-6,9-11,13H2,1H3,(H,22,26). The van der Waals surface area contributed by atoms with Crippen LogP contribution in [0.25, 0.3) is 0 Å².